The van der Waals surface area contributed by atoms with Crippen molar-refractivity contribution in [1.82, 2.24) is 9.55 Å². The molecule has 1 aromatic carbocycles. The second kappa shape index (κ2) is 6.89. The van der Waals surface area contributed by atoms with E-state index >= 15 is 0 Å². The van der Waals surface area contributed by atoms with Crippen molar-refractivity contribution >= 4 is 11.9 Å². The SMILES string of the molecule is CCCCc1ncc(C(=O)O)n1Cc1ccc(C(=O)O)cc1. The number of nitrogens with zero attached hydrogens (tertiary/aromatic N) is 2. The molecule has 6 nitrogen and oxygen atoms in total. The molecule has 1 heterocycles. The number of aryl methyl sites for hydroxylation is 1. The number of aromatic nitrogens is 2. The molecule has 0 spiro atoms. The number of carboxylic acid groups (broad SMARTS) is 2. The predicted molar refractivity (Wildman–Crippen MR) is 80.3 cm³/mol. The molecule has 1 aromatic heterocycles. The molecular weight excluding hydrogens is 284 g/mol. The van der Waals surface area contributed by atoms with Crippen molar-refractivity contribution in [3.8, 4) is 0 Å². The van der Waals surface area contributed by atoms with Gasteiger partial charge in [-0.05, 0) is 24.1 Å². The number of unbranched alkanes of at least 4 members (excludes halogenated alkanes) is 1. The number of carbonyl (C=O) groups is 2. The number of hydrogen-bond acceptors (Lipinski definition) is 3. The number of rotatable bonds is 7. The third kappa shape index (κ3) is 3.52. The van der Waals surface area contributed by atoms with Gasteiger partial charge < -0.3 is 14.8 Å². The Balaban J connectivity index is 2.28. The van der Waals surface area contributed by atoms with Gasteiger partial charge in [-0.2, -0.15) is 0 Å². The Hall–Kier alpha value is -2.63. The fraction of sp³-hybridized carbons (Fsp3) is 0.312. The second-order valence-electron chi connectivity index (χ2n) is 5.06. The highest BCUT2D eigenvalue weighted by Gasteiger charge is 2.15. The molecule has 0 amide bonds. The summed E-state index contributed by atoms with van der Waals surface area (Å²) in [5.74, 6) is -1.26. The van der Waals surface area contributed by atoms with Crippen molar-refractivity contribution in [3.05, 3.63) is 53.1 Å². The van der Waals surface area contributed by atoms with Gasteiger partial charge in [0.2, 0.25) is 0 Å². The van der Waals surface area contributed by atoms with Gasteiger partial charge in [-0.25, -0.2) is 14.6 Å². The molecule has 6 heteroatoms. The molecule has 0 aliphatic rings. The minimum absolute atomic E-state index is 0.147. The summed E-state index contributed by atoms with van der Waals surface area (Å²) in [6.45, 7) is 2.43. The maximum atomic E-state index is 11.3. The van der Waals surface area contributed by atoms with Crippen molar-refractivity contribution < 1.29 is 19.8 Å². The van der Waals surface area contributed by atoms with Gasteiger partial charge >= 0.3 is 11.9 Å². The molecule has 0 saturated carbocycles. The van der Waals surface area contributed by atoms with Crippen LogP contribution >= 0.6 is 0 Å². The van der Waals surface area contributed by atoms with Crippen LogP contribution in [0.3, 0.4) is 0 Å². The van der Waals surface area contributed by atoms with E-state index in [1.165, 1.54) is 18.3 Å². The van der Waals surface area contributed by atoms with Crippen LogP contribution in [0, 0.1) is 0 Å². The number of benzene rings is 1. The van der Waals surface area contributed by atoms with Crippen molar-refractivity contribution in [3.63, 3.8) is 0 Å². The Morgan fingerprint density at radius 2 is 1.82 bits per heavy atom. The van der Waals surface area contributed by atoms with Crippen molar-refractivity contribution in [2.45, 2.75) is 32.7 Å². The Morgan fingerprint density at radius 3 is 2.36 bits per heavy atom. The monoisotopic (exact) mass is 302 g/mol. The maximum Gasteiger partial charge on any atom is 0.354 e. The van der Waals surface area contributed by atoms with E-state index in [0.29, 0.717) is 6.54 Å². The Morgan fingerprint density at radius 1 is 1.14 bits per heavy atom. The number of hydrogen-bond donors (Lipinski definition) is 2. The molecule has 0 bridgehead atoms. The van der Waals surface area contributed by atoms with E-state index < -0.39 is 11.9 Å². The summed E-state index contributed by atoms with van der Waals surface area (Å²) in [5.41, 5.74) is 1.19. The molecule has 0 radical (unpaired) electrons. The minimum Gasteiger partial charge on any atom is -0.478 e. The number of imidazole rings is 1. The number of aromatic carboxylic acids is 2. The van der Waals surface area contributed by atoms with Crippen LogP contribution in [0.1, 0.15) is 52.0 Å². The molecule has 0 unspecified atom stereocenters. The third-order valence-electron chi connectivity index (χ3n) is 3.45. The van der Waals surface area contributed by atoms with E-state index in [2.05, 4.69) is 11.9 Å². The average molecular weight is 302 g/mol. The molecule has 0 aliphatic heterocycles. The summed E-state index contributed by atoms with van der Waals surface area (Å²) >= 11 is 0. The fourth-order valence-electron chi connectivity index (χ4n) is 2.23. The van der Waals surface area contributed by atoms with Crippen LogP contribution in [-0.2, 0) is 13.0 Å². The van der Waals surface area contributed by atoms with Crippen molar-refractivity contribution in [2.75, 3.05) is 0 Å². The minimum atomic E-state index is -1.02. The summed E-state index contributed by atoms with van der Waals surface area (Å²) in [4.78, 5) is 26.4. The maximum absolute atomic E-state index is 11.3. The van der Waals surface area contributed by atoms with Crippen LogP contribution in [0.15, 0.2) is 30.5 Å². The Labute approximate surface area is 128 Å². The molecule has 2 aromatic rings. The largest absolute Gasteiger partial charge is 0.478 e. The molecular formula is C16H18N2O4. The molecule has 2 rings (SSSR count). The first-order valence-corrected chi connectivity index (χ1v) is 7.12. The van der Waals surface area contributed by atoms with Crippen molar-refractivity contribution in [2.24, 2.45) is 0 Å². The zero-order valence-corrected chi connectivity index (χ0v) is 12.3. The van der Waals surface area contributed by atoms with Crippen LogP contribution in [0.4, 0.5) is 0 Å². The first-order valence-electron chi connectivity index (χ1n) is 7.12. The van der Waals surface area contributed by atoms with Crippen LogP contribution < -0.4 is 0 Å². The highest BCUT2D eigenvalue weighted by atomic mass is 16.4. The smallest absolute Gasteiger partial charge is 0.354 e. The van der Waals surface area contributed by atoms with E-state index in [0.717, 1.165) is 30.7 Å². The van der Waals surface area contributed by atoms with E-state index in [-0.39, 0.29) is 11.3 Å². The summed E-state index contributed by atoms with van der Waals surface area (Å²) in [5, 5.41) is 18.2. The van der Waals surface area contributed by atoms with Gasteiger partial charge in [-0.3, -0.25) is 0 Å². The predicted octanol–water partition coefficient (Wildman–Crippen LogP) is 2.67. The molecule has 0 saturated heterocycles. The summed E-state index contributed by atoms with van der Waals surface area (Å²) in [6, 6.07) is 6.42. The fourth-order valence-corrected chi connectivity index (χ4v) is 2.23. The quantitative estimate of drug-likeness (QED) is 0.820. The van der Waals surface area contributed by atoms with Gasteiger partial charge in [0.05, 0.1) is 11.8 Å². The lowest BCUT2D eigenvalue weighted by molar-refractivity contribution is 0.0679. The molecule has 22 heavy (non-hydrogen) atoms. The van der Waals surface area contributed by atoms with Gasteiger partial charge in [-0.15, -0.1) is 0 Å². The number of carboxylic acids is 2. The highest BCUT2D eigenvalue weighted by molar-refractivity contribution is 5.87. The third-order valence-corrected chi connectivity index (χ3v) is 3.45. The lowest BCUT2D eigenvalue weighted by atomic mass is 10.1. The van der Waals surface area contributed by atoms with Crippen molar-refractivity contribution in [1.29, 1.82) is 0 Å². The molecule has 2 N–H and O–H groups in total. The van der Waals surface area contributed by atoms with E-state index in [4.69, 9.17) is 5.11 Å². The second-order valence-corrected chi connectivity index (χ2v) is 5.06. The van der Waals surface area contributed by atoms with Gasteiger partial charge in [0.25, 0.3) is 0 Å². The zero-order valence-electron chi connectivity index (χ0n) is 12.3. The first kappa shape index (κ1) is 15.8. The average Bonchev–Trinajstić information content (AvgIpc) is 2.88. The topological polar surface area (TPSA) is 92.4 Å². The first-order chi connectivity index (χ1) is 10.5. The molecule has 0 fully saturated rings. The lowest BCUT2D eigenvalue weighted by Crippen LogP contribution is -2.12. The Bertz CT molecular complexity index is 674. The normalized spacial score (nSPS) is 10.6. The summed E-state index contributed by atoms with van der Waals surface area (Å²) in [6.07, 6.45) is 4.03. The summed E-state index contributed by atoms with van der Waals surface area (Å²) < 4.78 is 1.67. The molecule has 116 valence electrons. The van der Waals surface area contributed by atoms with Gasteiger partial charge in [0.15, 0.2) is 0 Å². The van der Waals surface area contributed by atoms with Crippen LogP contribution in [0.25, 0.3) is 0 Å². The van der Waals surface area contributed by atoms with Crippen LogP contribution in [0.5, 0.6) is 0 Å². The Kier molecular flexibility index (Phi) is 4.93. The van der Waals surface area contributed by atoms with Crippen LogP contribution in [0.2, 0.25) is 0 Å². The van der Waals surface area contributed by atoms with Gasteiger partial charge in [0, 0.05) is 13.0 Å². The van der Waals surface area contributed by atoms with Crippen LogP contribution in [-0.4, -0.2) is 31.7 Å². The van der Waals surface area contributed by atoms with E-state index in [1.54, 1.807) is 16.7 Å². The molecule has 0 atom stereocenters. The summed E-state index contributed by atoms with van der Waals surface area (Å²) in [7, 11) is 0. The van der Waals surface area contributed by atoms with E-state index in [1.807, 2.05) is 0 Å². The van der Waals surface area contributed by atoms with E-state index in [9.17, 15) is 14.7 Å². The lowest BCUT2D eigenvalue weighted by Gasteiger charge is -2.10. The molecule has 0 aliphatic carbocycles. The van der Waals surface area contributed by atoms with Gasteiger partial charge in [0.1, 0.15) is 11.5 Å². The standard InChI is InChI=1S/C16H18N2O4/c1-2-3-4-14-17-9-13(16(21)22)18(14)10-11-5-7-12(8-6-11)15(19)20/h5-9H,2-4,10H2,1H3,(H,19,20)(H,21,22). The zero-order chi connectivity index (χ0) is 16.1. The highest BCUT2D eigenvalue weighted by Crippen LogP contribution is 2.14. The van der Waals surface area contributed by atoms with Gasteiger partial charge in [-0.1, -0.05) is 25.5 Å².